The first-order chi connectivity index (χ1) is 9.15. The summed E-state index contributed by atoms with van der Waals surface area (Å²) in [6.45, 7) is 1.33. The van der Waals surface area contributed by atoms with Crippen molar-refractivity contribution in [2.75, 3.05) is 25.9 Å². The lowest BCUT2D eigenvalue weighted by Gasteiger charge is -2.33. The van der Waals surface area contributed by atoms with E-state index in [9.17, 15) is 14.7 Å². The Morgan fingerprint density at radius 3 is 2.84 bits per heavy atom. The molecule has 1 aromatic rings. The van der Waals surface area contributed by atoms with Gasteiger partial charge in [0, 0.05) is 24.5 Å². The van der Waals surface area contributed by atoms with Gasteiger partial charge in [-0.25, -0.2) is 4.79 Å². The average molecular weight is 280 g/mol. The molecular weight excluding hydrogens is 264 g/mol. The van der Waals surface area contributed by atoms with E-state index in [1.54, 1.807) is 12.1 Å². The lowest BCUT2D eigenvalue weighted by molar-refractivity contribution is -0.142. The fourth-order valence-corrected chi connectivity index (χ4v) is 2.73. The zero-order valence-electron chi connectivity index (χ0n) is 10.6. The number of thioether (sulfide) groups is 1. The summed E-state index contributed by atoms with van der Waals surface area (Å²) in [6.07, 6.45) is 1.90. The minimum atomic E-state index is -0.970. The Bertz CT molecular complexity index is 493. The van der Waals surface area contributed by atoms with Crippen LogP contribution in [0.15, 0.2) is 29.2 Å². The quantitative estimate of drug-likeness (QED) is 0.805. The number of carbonyl (C=O) groups excluding carboxylic acids is 1. The van der Waals surface area contributed by atoms with Gasteiger partial charge < -0.3 is 15.3 Å². The van der Waals surface area contributed by atoms with Crippen molar-refractivity contribution in [2.24, 2.45) is 0 Å². The summed E-state index contributed by atoms with van der Waals surface area (Å²) in [6, 6.07) is 6.49. The largest absolute Gasteiger partial charge is 0.480 e. The van der Waals surface area contributed by atoms with Gasteiger partial charge in [0.2, 0.25) is 0 Å². The highest BCUT2D eigenvalue weighted by Crippen LogP contribution is 2.22. The smallest absolute Gasteiger partial charge is 0.327 e. The number of amides is 1. The Morgan fingerprint density at radius 2 is 2.16 bits per heavy atom. The predicted octanol–water partition coefficient (Wildman–Crippen LogP) is 0.907. The third-order valence-corrected chi connectivity index (χ3v) is 3.92. The molecule has 0 radical (unpaired) electrons. The number of nitrogens with one attached hydrogen (secondary N) is 1. The lowest BCUT2D eigenvalue weighted by atomic mass is 10.1. The Labute approximate surface area is 116 Å². The molecule has 6 heteroatoms. The molecule has 2 N–H and O–H groups in total. The van der Waals surface area contributed by atoms with Gasteiger partial charge in [0.25, 0.3) is 5.91 Å². The van der Waals surface area contributed by atoms with E-state index in [1.165, 1.54) is 16.7 Å². The number of carboxylic acid groups (broad SMARTS) is 1. The van der Waals surface area contributed by atoms with E-state index in [1.807, 2.05) is 18.4 Å². The number of hydrogen-bond donors (Lipinski definition) is 2. The maximum Gasteiger partial charge on any atom is 0.327 e. The number of carboxylic acids is 1. The molecule has 0 aliphatic carbocycles. The monoisotopic (exact) mass is 280 g/mol. The van der Waals surface area contributed by atoms with Gasteiger partial charge >= 0.3 is 5.97 Å². The first kappa shape index (κ1) is 13.9. The van der Waals surface area contributed by atoms with Gasteiger partial charge in [0.1, 0.15) is 6.04 Å². The second-order valence-electron chi connectivity index (χ2n) is 4.26. The Kier molecular flexibility index (Phi) is 4.44. The maximum atomic E-state index is 12.5. The van der Waals surface area contributed by atoms with Gasteiger partial charge in [-0.05, 0) is 18.4 Å². The van der Waals surface area contributed by atoms with Crippen molar-refractivity contribution in [3.63, 3.8) is 0 Å². The van der Waals surface area contributed by atoms with Crippen LogP contribution in [0.25, 0.3) is 0 Å². The second-order valence-corrected chi connectivity index (χ2v) is 5.11. The van der Waals surface area contributed by atoms with E-state index in [0.717, 1.165) is 4.90 Å². The van der Waals surface area contributed by atoms with Gasteiger partial charge in [-0.3, -0.25) is 4.79 Å². The molecule has 0 spiro atoms. The first-order valence-electron chi connectivity index (χ1n) is 6.02. The third kappa shape index (κ3) is 2.90. The Hall–Kier alpha value is -1.53. The first-order valence-corrected chi connectivity index (χ1v) is 7.25. The van der Waals surface area contributed by atoms with Crippen LogP contribution in [0.2, 0.25) is 0 Å². The van der Waals surface area contributed by atoms with E-state index in [0.29, 0.717) is 25.2 Å². The molecule has 2 rings (SSSR count). The molecule has 102 valence electrons. The summed E-state index contributed by atoms with van der Waals surface area (Å²) >= 11 is 1.49. The number of benzene rings is 1. The maximum absolute atomic E-state index is 12.5. The van der Waals surface area contributed by atoms with Crippen molar-refractivity contribution in [2.45, 2.75) is 10.9 Å². The van der Waals surface area contributed by atoms with Gasteiger partial charge in [-0.2, -0.15) is 0 Å². The molecule has 1 atom stereocenters. The second kappa shape index (κ2) is 6.08. The van der Waals surface area contributed by atoms with Gasteiger partial charge in [-0.15, -0.1) is 11.8 Å². The minimum Gasteiger partial charge on any atom is -0.480 e. The standard InChI is InChI=1S/C13H16N2O3S/c1-19-11-5-3-2-4-9(11)12(16)15-7-6-14-8-10(15)13(17)18/h2-5,10,14H,6-8H2,1H3,(H,17,18). The Balaban J connectivity index is 2.29. The van der Waals surface area contributed by atoms with Crippen molar-refractivity contribution in [1.82, 2.24) is 10.2 Å². The van der Waals surface area contributed by atoms with Crippen LogP contribution in [0.3, 0.4) is 0 Å². The zero-order chi connectivity index (χ0) is 13.8. The van der Waals surface area contributed by atoms with Crippen molar-refractivity contribution in [1.29, 1.82) is 0 Å². The third-order valence-electron chi connectivity index (χ3n) is 3.13. The zero-order valence-corrected chi connectivity index (χ0v) is 11.4. The number of hydrogen-bond acceptors (Lipinski definition) is 4. The number of nitrogens with zero attached hydrogens (tertiary/aromatic N) is 1. The van der Waals surface area contributed by atoms with Crippen LogP contribution in [0, 0.1) is 0 Å². The Morgan fingerprint density at radius 1 is 1.42 bits per heavy atom. The van der Waals surface area contributed by atoms with E-state index in [-0.39, 0.29) is 5.91 Å². The molecule has 1 unspecified atom stereocenters. The van der Waals surface area contributed by atoms with Crippen LogP contribution in [-0.2, 0) is 4.79 Å². The molecule has 1 saturated heterocycles. The molecule has 0 bridgehead atoms. The van der Waals surface area contributed by atoms with Crippen LogP contribution < -0.4 is 5.32 Å². The van der Waals surface area contributed by atoms with Crippen molar-refractivity contribution in [3.05, 3.63) is 29.8 Å². The highest BCUT2D eigenvalue weighted by atomic mass is 32.2. The molecule has 0 aromatic heterocycles. The molecule has 1 aliphatic rings. The molecule has 1 amide bonds. The summed E-state index contributed by atoms with van der Waals surface area (Å²) < 4.78 is 0. The number of rotatable bonds is 3. The molecule has 1 aliphatic heterocycles. The summed E-state index contributed by atoms with van der Waals surface area (Å²) in [5.41, 5.74) is 0.572. The van der Waals surface area contributed by atoms with E-state index in [2.05, 4.69) is 5.32 Å². The SMILES string of the molecule is CSc1ccccc1C(=O)N1CCNCC1C(=O)O. The molecule has 1 aromatic carbocycles. The lowest BCUT2D eigenvalue weighted by Crippen LogP contribution is -2.57. The summed E-state index contributed by atoms with van der Waals surface area (Å²) in [4.78, 5) is 26.0. The van der Waals surface area contributed by atoms with Crippen LogP contribution in [0.5, 0.6) is 0 Å². The highest BCUT2D eigenvalue weighted by Gasteiger charge is 2.33. The molecule has 5 nitrogen and oxygen atoms in total. The van der Waals surface area contributed by atoms with Crippen molar-refractivity contribution >= 4 is 23.6 Å². The molecular formula is C13H16N2O3S. The highest BCUT2D eigenvalue weighted by molar-refractivity contribution is 7.98. The minimum absolute atomic E-state index is 0.209. The average Bonchev–Trinajstić information content (AvgIpc) is 2.46. The van der Waals surface area contributed by atoms with Crippen LogP contribution in [0.4, 0.5) is 0 Å². The van der Waals surface area contributed by atoms with Crippen molar-refractivity contribution in [3.8, 4) is 0 Å². The van der Waals surface area contributed by atoms with Crippen LogP contribution in [-0.4, -0.2) is 53.8 Å². The molecule has 1 heterocycles. The number of aliphatic carboxylic acids is 1. The van der Waals surface area contributed by atoms with Crippen LogP contribution in [0.1, 0.15) is 10.4 Å². The summed E-state index contributed by atoms with van der Waals surface area (Å²) in [5, 5.41) is 12.2. The normalized spacial score (nSPS) is 19.2. The number of carbonyl (C=O) groups is 2. The molecule has 1 fully saturated rings. The topological polar surface area (TPSA) is 69.6 Å². The van der Waals surface area contributed by atoms with Crippen LogP contribution >= 0.6 is 11.8 Å². The fourth-order valence-electron chi connectivity index (χ4n) is 2.14. The summed E-state index contributed by atoms with van der Waals surface area (Å²) in [5.74, 6) is -1.18. The molecule has 0 saturated carbocycles. The fraction of sp³-hybridized carbons (Fsp3) is 0.385. The predicted molar refractivity (Wildman–Crippen MR) is 73.6 cm³/mol. The number of piperazine rings is 1. The van der Waals surface area contributed by atoms with E-state index < -0.39 is 12.0 Å². The molecule has 19 heavy (non-hydrogen) atoms. The summed E-state index contributed by atoms with van der Waals surface area (Å²) in [7, 11) is 0. The van der Waals surface area contributed by atoms with Crippen molar-refractivity contribution < 1.29 is 14.7 Å². The van der Waals surface area contributed by atoms with E-state index in [4.69, 9.17) is 0 Å². The van der Waals surface area contributed by atoms with Gasteiger partial charge in [-0.1, -0.05) is 12.1 Å². The van der Waals surface area contributed by atoms with E-state index >= 15 is 0 Å². The van der Waals surface area contributed by atoms with Gasteiger partial charge in [0.05, 0.1) is 5.56 Å². The van der Waals surface area contributed by atoms with Gasteiger partial charge in [0.15, 0.2) is 0 Å².